The van der Waals surface area contributed by atoms with Gasteiger partial charge in [-0.3, -0.25) is 4.79 Å². The fourth-order valence-corrected chi connectivity index (χ4v) is 2.26. The van der Waals surface area contributed by atoms with Crippen LogP contribution >= 0.6 is 0 Å². The van der Waals surface area contributed by atoms with Crippen molar-refractivity contribution in [2.24, 2.45) is 5.92 Å². The summed E-state index contributed by atoms with van der Waals surface area (Å²) < 4.78 is 0. The maximum Gasteiger partial charge on any atom is 0.255 e. The summed E-state index contributed by atoms with van der Waals surface area (Å²) in [6.07, 6.45) is 1.49. The van der Waals surface area contributed by atoms with Gasteiger partial charge in [0.15, 0.2) is 0 Å². The Bertz CT molecular complexity index is 468. The van der Waals surface area contributed by atoms with Gasteiger partial charge in [0.25, 0.3) is 5.91 Å². The number of nitrogen functional groups attached to an aromatic ring is 1. The molecule has 0 heterocycles. The van der Waals surface area contributed by atoms with Gasteiger partial charge in [0.1, 0.15) is 0 Å². The third-order valence-corrected chi connectivity index (χ3v) is 3.47. The number of hydrogen-bond acceptors (Lipinski definition) is 4. The van der Waals surface area contributed by atoms with Crippen molar-refractivity contribution < 1.29 is 9.90 Å². The quantitative estimate of drug-likeness (QED) is 0.712. The van der Waals surface area contributed by atoms with E-state index in [1.165, 1.54) is 0 Å². The predicted molar refractivity (Wildman–Crippen MR) is 76.1 cm³/mol. The second-order valence-corrected chi connectivity index (χ2v) is 5.38. The number of benzene rings is 1. The topological polar surface area (TPSA) is 78.6 Å². The molecule has 104 valence electrons. The van der Waals surface area contributed by atoms with Gasteiger partial charge in [0.2, 0.25) is 0 Å². The van der Waals surface area contributed by atoms with Crippen molar-refractivity contribution in [2.45, 2.75) is 18.9 Å². The second kappa shape index (κ2) is 5.48. The van der Waals surface area contributed by atoms with Crippen LogP contribution in [0.25, 0.3) is 0 Å². The van der Waals surface area contributed by atoms with Crippen molar-refractivity contribution >= 4 is 17.3 Å². The van der Waals surface area contributed by atoms with Crippen LogP contribution in [0.1, 0.15) is 23.2 Å². The van der Waals surface area contributed by atoms with Crippen LogP contribution in [0.15, 0.2) is 18.2 Å². The number of nitrogens with zero attached hydrogens (tertiary/aromatic N) is 1. The highest BCUT2D eigenvalue weighted by atomic mass is 16.3. The maximum absolute atomic E-state index is 12.1. The van der Waals surface area contributed by atoms with Crippen molar-refractivity contribution in [2.75, 3.05) is 31.7 Å². The largest absolute Gasteiger partial charge is 0.399 e. The zero-order chi connectivity index (χ0) is 14.0. The molecule has 0 aromatic heterocycles. The lowest BCUT2D eigenvalue weighted by atomic mass is 9.82. The number of rotatable bonds is 4. The Morgan fingerprint density at radius 2 is 2.16 bits per heavy atom. The van der Waals surface area contributed by atoms with Crippen LogP contribution in [0, 0.1) is 5.92 Å². The molecule has 1 aliphatic rings. The third-order valence-electron chi connectivity index (χ3n) is 3.47. The van der Waals surface area contributed by atoms with E-state index in [2.05, 4.69) is 5.32 Å². The lowest BCUT2D eigenvalue weighted by molar-refractivity contribution is 0.0486. The van der Waals surface area contributed by atoms with Crippen LogP contribution in [0.2, 0.25) is 0 Å². The van der Waals surface area contributed by atoms with Crippen LogP contribution in [0.4, 0.5) is 11.4 Å². The molecule has 1 fully saturated rings. The molecular weight excluding hydrogens is 242 g/mol. The van der Waals surface area contributed by atoms with Gasteiger partial charge < -0.3 is 21.1 Å². The molecule has 4 N–H and O–H groups in total. The van der Waals surface area contributed by atoms with Crippen LogP contribution in [0.3, 0.4) is 0 Å². The average molecular weight is 263 g/mol. The van der Waals surface area contributed by atoms with Crippen LogP contribution < -0.4 is 11.1 Å². The van der Waals surface area contributed by atoms with Crippen LogP contribution in [-0.2, 0) is 0 Å². The summed E-state index contributed by atoms with van der Waals surface area (Å²) in [6, 6.07) is 5.26. The molecule has 19 heavy (non-hydrogen) atoms. The van der Waals surface area contributed by atoms with E-state index in [4.69, 9.17) is 5.73 Å². The first-order chi connectivity index (χ1) is 8.97. The molecule has 0 bridgehead atoms. The minimum absolute atomic E-state index is 0.0452. The Morgan fingerprint density at radius 1 is 1.47 bits per heavy atom. The van der Waals surface area contributed by atoms with Gasteiger partial charge in [-0.1, -0.05) is 0 Å². The zero-order valence-corrected chi connectivity index (χ0v) is 11.4. The zero-order valence-electron chi connectivity index (χ0n) is 11.4. The number of amides is 1. The van der Waals surface area contributed by atoms with Crippen molar-refractivity contribution in [3.05, 3.63) is 23.8 Å². The minimum atomic E-state index is -0.157. The summed E-state index contributed by atoms with van der Waals surface area (Å²) in [5, 5.41) is 12.5. The van der Waals surface area contributed by atoms with Crippen molar-refractivity contribution in [1.82, 2.24) is 4.90 Å². The van der Waals surface area contributed by atoms with Gasteiger partial charge in [0, 0.05) is 32.0 Å². The highest BCUT2D eigenvalue weighted by Gasteiger charge is 2.27. The third kappa shape index (κ3) is 3.17. The number of carbonyl (C=O) groups excluding carboxylic acids is 1. The average Bonchev–Trinajstić information content (AvgIpc) is 2.32. The lowest BCUT2D eigenvalue weighted by Gasteiger charge is -2.32. The Balaban J connectivity index is 2.08. The molecule has 5 nitrogen and oxygen atoms in total. The first kappa shape index (κ1) is 13.7. The molecular formula is C14H21N3O2. The van der Waals surface area contributed by atoms with Gasteiger partial charge in [-0.25, -0.2) is 0 Å². The molecule has 1 aromatic rings. The number of nitrogens with one attached hydrogen (secondary N) is 1. The van der Waals surface area contributed by atoms with E-state index in [9.17, 15) is 9.90 Å². The number of aliphatic hydroxyl groups excluding tert-OH is 1. The van der Waals surface area contributed by atoms with E-state index in [0.717, 1.165) is 25.1 Å². The number of carbonyl (C=O) groups is 1. The molecule has 0 unspecified atom stereocenters. The van der Waals surface area contributed by atoms with Gasteiger partial charge in [-0.15, -0.1) is 0 Å². The Kier molecular flexibility index (Phi) is 3.95. The maximum atomic E-state index is 12.1. The van der Waals surface area contributed by atoms with Gasteiger partial charge in [-0.05, 0) is 37.0 Å². The van der Waals surface area contributed by atoms with E-state index in [-0.39, 0.29) is 12.0 Å². The van der Waals surface area contributed by atoms with Gasteiger partial charge >= 0.3 is 0 Å². The molecule has 1 aromatic carbocycles. The molecule has 1 amide bonds. The number of nitrogens with two attached hydrogens (primary N) is 1. The molecule has 0 radical (unpaired) electrons. The molecule has 5 heteroatoms. The molecule has 0 aliphatic heterocycles. The van der Waals surface area contributed by atoms with E-state index < -0.39 is 0 Å². The fraction of sp³-hybridized carbons (Fsp3) is 0.500. The molecule has 0 spiro atoms. The summed E-state index contributed by atoms with van der Waals surface area (Å²) in [5.41, 5.74) is 7.79. The van der Waals surface area contributed by atoms with E-state index >= 15 is 0 Å². The SMILES string of the molecule is CN(C)C(=O)c1ccc(N)cc1NCC1CC(O)C1. The molecule has 2 rings (SSSR count). The van der Waals surface area contributed by atoms with Crippen molar-refractivity contribution in [3.8, 4) is 0 Å². The summed E-state index contributed by atoms with van der Waals surface area (Å²) >= 11 is 0. The number of aliphatic hydroxyl groups is 1. The summed E-state index contributed by atoms with van der Waals surface area (Å²) in [6.45, 7) is 0.758. The molecule has 1 aliphatic carbocycles. The van der Waals surface area contributed by atoms with E-state index in [1.807, 2.05) is 0 Å². The minimum Gasteiger partial charge on any atom is -0.399 e. The molecule has 0 saturated heterocycles. The highest BCUT2D eigenvalue weighted by Crippen LogP contribution is 2.28. The van der Waals surface area contributed by atoms with Crippen LogP contribution in [-0.4, -0.2) is 42.7 Å². The Hall–Kier alpha value is -1.75. The Morgan fingerprint density at radius 3 is 2.74 bits per heavy atom. The fourth-order valence-electron chi connectivity index (χ4n) is 2.26. The number of anilines is 2. The predicted octanol–water partition coefficient (Wildman–Crippen LogP) is 1.15. The molecule has 1 saturated carbocycles. The Labute approximate surface area is 113 Å². The highest BCUT2D eigenvalue weighted by molar-refractivity contribution is 6.00. The molecule has 0 atom stereocenters. The monoisotopic (exact) mass is 263 g/mol. The van der Waals surface area contributed by atoms with Crippen LogP contribution in [0.5, 0.6) is 0 Å². The standard InChI is InChI=1S/C14H21N3O2/c1-17(2)14(19)12-4-3-10(15)7-13(12)16-8-9-5-11(18)6-9/h3-4,7,9,11,16,18H,5-6,8,15H2,1-2H3. The normalized spacial score (nSPS) is 21.6. The van der Waals surface area contributed by atoms with E-state index in [0.29, 0.717) is 17.2 Å². The van der Waals surface area contributed by atoms with E-state index in [1.54, 1.807) is 37.2 Å². The number of hydrogen-bond donors (Lipinski definition) is 3. The van der Waals surface area contributed by atoms with Gasteiger partial charge in [-0.2, -0.15) is 0 Å². The summed E-state index contributed by atoms with van der Waals surface area (Å²) in [7, 11) is 3.45. The first-order valence-corrected chi connectivity index (χ1v) is 6.50. The lowest BCUT2D eigenvalue weighted by Crippen LogP contribution is -2.33. The smallest absolute Gasteiger partial charge is 0.255 e. The van der Waals surface area contributed by atoms with Crippen molar-refractivity contribution in [1.29, 1.82) is 0 Å². The van der Waals surface area contributed by atoms with Crippen molar-refractivity contribution in [3.63, 3.8) is 0 Å². The summed E-state index contributed by atoms with van der Waals surface area (Å²) in [5.74, 6) is 0.426. The first-order valence-electron chi connectivity index (χ1n) is 6.50. The summed E-state index contributed by atoms with van der Waals surface area (Å²) in [4.78, 5) is 13.6. The van der Waals surface area contributed by atoms with Gasteiger partial charge in [0.05, 0.1) is 11.7 Å². The second-order valence-electron chi connectivity index (χ2n) is 5.38.